The topological polar surface area (TPSA) is 108 Å². The molecule has 0 radical (unpaired) electrons. The molecule has 4 fully saturated rings. The lowest BCUT2D eigenvalue weighted by molar-refractivity contribution is -0.157. The third-order valence-corrected chi connectivity index (χ3v) is 6.63. The average Bonchev–Trinajstić information content (AvgIpc) is 2.62. The van der Waals surface area contributed by atoms with Crippen molar-refractivity contribution in [2.24, 2.45) is 29.1 Å². The number of nitrogens with one attached hydrogen (secondary N) is 2. The van der Waals surface area contributed by atoms with Crippen LogP contribution in [-0.2, 0) is 19.1 Å². The molecular formula is C21H31N3O4. The number of esters is 1. The molecule has 0 unspecified atom stereocenters. The number of rotatable bonds is 8. The maximum absolute atomic E-state index is 13.2. The van der Waals surface area contributed by atoms with Crippen LogP contribution in [0.15, 0.2) is 0 Å². The summed E-state index contributed by atoms with van der Waals surface area (Å²) in [6, 6.07) is 1.17. The van der Waals surface area contributed by atoms with Gasteiger partial charge in [0.25, 0.3) is 5.91 Å². The Labute approximate surface area is 166 Å². The Morgan fingerprint density at radius 3 is 2.18 bits per heavy atom. The van der Waals surface area contributed by atoms with Gasteiger partial charge in [0.1, 0.15) is 6.04 Å². The van der Waals surface area contributed by atoms with E-state index in [2.05, 4.69) is 10.6 Å². The molecule has 0 saturated heterocycles. The van der Waals surface area contributed by atoms with Crippen LogP contribution in [0, 0.1) is 40.4 Å². The Balaban J connectivity index is 1.55. The van der Waals surface area contributed by atoms with Crippen LogP contribution < -0.4 is 10.6 Å². The fraction of sp³-hybridized carbons (Fsp3) is 0.810. The van der Waals surface area contributed by atoms with Crippen LogP contribution in [0.2, 0.25) is 0 Å². The summed E-state index contributed by atoms with van der Waals surface area (Å²) in [6.45, 7) is 3.54. The summed E-state index contributed by atoms with van der Waals surface area (Å²) in [6.07, 6.45) is 6.77. The first-order chi connectivity index (χ1) is 13.3. The fourth-order valence-corrected chi connectivity index (χ4v) is 5.72. The van der Waals surface area contributed by atoms with Crippen molar-refractivity contribution in [2.45, 2.75) is 64.8 Å². The van der Waals surface area contributed by atoms with Gasteiger partial charge >= 0.3 is 5.97 Å². The van der Waals surface area contributed by atoms with E-state index >= 15 is 0 Å². The molecule has 4 aliphatic carbocycles. The maximum Gasteiger partial charge on any atom is 0.329 e. The van der Waals surface area contributed by atoms with E-state index in [-0.39, 0.29) is 30.2 Å². The molecule has 4 saturated carbocycles. The third kappa shape index (κ3) is 4.48. The summed E-state index contributed by atoms with van der Waals surface area (Å²) < 4.78 is 5.13. The van der Waals surface area contributed by atoms with E-state index in [0.717, 1.165) is 19.3 Å². The Kier molecular flexibility index (Phi) is 6.26. The van der Waals surface area contributed by atoms with Gasteiger partial charge in [-0.15, -0.1) is 0 Å². The van der Waals surface area contributed by atoms with Gasteiger partial charge in [-0.25, -0.2) is 4.79 Å². The van der Waals surface area contributed by atoms with E-state index in [1.54, 1.807) is 0 Å². The van der Waals surface area contributed by atoms with E-state index < -0.39 is 24.5 Å². The standard InChI is InChI=1S/C21H31N3O4/c1-13(2)18(19(26)28-12-17(25)23-5-3-4-22)24-20(27)21-9-14-6-15(10-21)8-16(7-14)11-21/h13-16,18H,3,5-12H2,1-2H3,(H,23,25)(H,24,27)/t14?,15?,16?,18-,21?/m0/s1. The van der Waals surface area contributed by atoms with Crippen molar-refractivity contribution in [3.05, 3.63) is 0 Å². The van der Waals surface area contributed by atoms with E-state index in [9.17, 15) is 14.4 Å². The minimum absolute atomic E-state index is 0.0132. The third-order valence-electron chi connectivity index (χ3n) is 6.63. The lowest BCUT2D eigenvalue weighted by atomic mass is 9.49. The Morgan fingerprint density at radius 1 is 1.11 bits per heavy atom. The number of hydrogen-bond donors (Lipinski definition) is 2. The van der Waals surface area contributed by atoms with E-state index in [0.29, 0.717) is 17.8 Å². The van der Waals surface area contributed by atoms with Crippen LogP contribution in [-0.4, -0.2) is 37.0 Å². The van der Waals surface area contributed by atoms with Crippen molar-refractivity contribution >= 4 is 17.8 Å². The van der Waals surface area contributed by atoms with Gasteiger partial charge in [0.2, 0.25) is 5.91 Å². The predicted octanol–water partition coefficient (Wildman–Crippen LogP) is 1.92. The summed E-state index contributed by atoms with van der Waals surface area (Å²) in [5.41, 5.74) is -0.323. The first kappa shape index (κ1) is 20.6. The summed E-state index contributed by atoms with van der Waals surface area (Å²) in [4.78, 5) is 37.4. The molecule has 154 valence electrons. The SMILES string of the molecule is CC(C)[C@H](NC(=O)C12CC3CC(CC(C3)C1)C2)C(=O)OCC(=O)NCCC#N. The van der Waals surface area contributed by atoms with Crippen molar-refractivity contribution in [3.8, 4) is 6.07 Å². The Morgan fingerprint density at radius 2 is 1.68 bits per heavy atom. The fourth-order valence-electron chi connectivity index (χ4n) is 5.72. The van der Waals surface area contributed by atoms with Gasteiger partial charge in [-0.3, -0.25) is 9.59 Å². The molecule has 28 heavy (non-hydrogen) atoms. The Hall–Kier alpha value is -2.10. The molecule has 7 nitrogen and oxygen atoms in total. The van der Waals surface area contributed by atoms with E-state index in [4.69, 9.17) is 10.00 Å². The smallest absolute Gasteiger partial charge is 0.329 e. The summed E-state index contributed by atoms with van der Waals surface area (Å²) in [7, 11) is 0. The predicted molar refractivity (Wildman–Crippen MR) is 102 cm³/mol. The molecule has 4 aliphatic rings. The Bertz CT molecular complexity index is 632. The zero-order valence-corrected chi connectivity index (χ0v) is 16.8. The summed E-state index contributed by atoms with van der Waals surface area (Å²) in [5.74, 6) is 0.783. The zero-order chi connectivity index (χ0) is 20.3. The quantitative estimate of drug-likeness (QED) is 0.487. The average molecular weight is 389 g/mol. The number of nitrogens with zero attached hydrogens (tertiary/aromatic N) is 1. The molecule has 2 N–H and O–H groups in total. The lowest BCUT2D eigenvalue weighted by Crippen LogP contribution is -2.57. The van der Waals surface area contributed by atoms with E-state index in [1.807, 2.05) is 19.9 Å². The van der Waals surface area contributed by atoms with Gasteiger partial charge in [0.05, 0.1) is 12.5 Å². The minimum atomic E-state index is -0.757. The highest BCUT2D eigenvalue weighted by molar-refractivity contribution is 5.89. The van der Waals surface area contributed by atoms with Crippen molar-refractivity contribution in [1.82, 2.24) is 10.6 Å². The normalized spacial score (nSPS) is 31.1. The van der Waals surface area contributed by atoms with Gasteiger partial charge < -0.3 is 15.4 Å². The molecule has 4 bridgehead atoms. The molecule has 1 atom stereocenters. The maximum atomic E-state index is 13.2. The monoisotopic (exact) mass is 389 g/mol. The van der Waals surface area contributed by atoms with Crippen LogP contribution >= 0.6 is 0 Å². The van der Waals surface area contributed by atoms with Crippen molar-refractivity contribution < 1.29 is 19.1 Å². The summed E-state index contributed by atoms with van der Waals surface area (Å²) in [5, 5.41) is 13.9. The zero-order valence-electron chi connectivity index (χ0n) is 16.8. The first-order valence-corrected chi connectivity index (χ1v) is 10.4. The van der Waals surface area contributed by atoms with Crippen LogP contribution in [0.5, 0.6) is 0 Å². The van der Waals surface area contributed by atoms with Crippen molar-refractivity contribution in [1.29, 1.82) is 5.26 Å². The van der Waals surface area contributed by atoms with Crippen molar-refractivity contribution in [2.75, 3.05) is 13.2 Å². The van der Waals surface area contributed by atoms with Gasteiger partial charge in [0, 0.05) is 12.0 Å². The number of nitriles is 1. The number of hydrogen-bond acceptors (Lipinski definition) is 5. The molecule has 0 aromatic rings. The van der Waals surface area contributed by atoms with Crippen LogP contribution in [0.25, 0.3) is 0 Å². The first-order valence-electron chi connectivity index (χ1n) is 10.4. The molecule has 0 aromatic heterocycles. The van der Waals surface area contributed by atoms with Gasteiger partial charge in [-0.2, -0.15) is 5.26 Å². The highest BCUT2D eigenvalue weighted by atomic mass is 16.5. The van der Waals surface area contributed by atoms with Crippen molar-refractivity contribution in [3.63, 3.8) is 0 Å². The second-order valence-electron chi connectivity index (χ2n) is 9.26. The van der Waals surface area contributed by atoms with Gasteiger partial charge in [-0.05, 0) is 62.2 Å². The van der Waals surface area contributed by atoms with Crippen LogP contribution in [0.4, 0.5) is 0 Å². The summed E-state index contributed by atoms with van der Waals surface area (Å²) >= 11 is 0. The highest BCUT2D eigenvalue weighted by Crippen LogP contribution is 2.60. The van der Waals surface area contributed by atoms with Gasteiger partial charge in [-0.1, -0.05) is 13.8 Å². The molecule has 0 aromatic carbocycles. The largest absolute Gasteiger partial charge is 0.454 e. The second kappa shape index (κ2) is 8.50. The minimum Gasteiger partial charge on any atom is -0.454 e. The molecule has 0 heterocycles. The second-order valence-corrected chi connectivity index (χ2v) is 9.26. The molecule has 2 amide bonds. The number of amides is 2. The lowest BCUT2D eigenvalue weighted by Gasteiger charge is -2.55. The molecule has 0 spiro atoms. The molecular weight excluding hydrogens is 358 g/mol. The number of ether oxygens (including phenoxy) is 1. The van der Waals surface area contributed by atoms with Crippen LogP contribution in [0.1, 0.15) is 58.8 Å². The molecule has 4 rings (SSSR count). The highest BCUT2D eigenvalue weighted by Gasteiger charge is 2.55. The molecule has 0 aliphatic heterocycles. The number of carbonyl (C=O) groups is 3. The van der Waals surface area contributed by atoms with Gasteiger partial charge in [0.15, 0.2) is 6.61 Å². The molecule has 7 heteroatoms. The van der Waals surface area contributed by atoms with E-state index in [1.165, 1.54) is 19.3 Å². The van der Waals surface area contributed by atoms with Crippen LogP contribution in [0.3, 0.4) is 0 Å². The number of carbonyl (C=O) groups excluding carboxylic acids is 3.